The summed E-state index contributed by atoms with van der Waals surface area (Å²) in [6.07, 6.45) is -2.71. The van der Waals surface area contributed by atoms with Gasteiger partial charge in [-0.25, -0.2) is 14.9 Å². The largest absolute Gasteiger partial charge is 0.450 e. The van der Waals surface area contributed by atoms with Crippen LogP contribution >= 0.6 is 34.8 Å². The maximum atomic E-state index is 10.9. The third kappa shape index (κ3) is 6.62. The molecule has 3 N–H and O–H groups in total. The SMILES string of the molecule is CCOC(=O)NC(=O)N[C@@H](O)C(Cl)(Cl)Cl. The van der Waals surface area contributed by atoms with Crippen molar-refractivity contribution in [3.05, 3.63) is 0 Å². The van der Waals surface area contributed by atoms with E-state index in [-0.39, 0.29) is 6.61 Å². The Hall–Kier alpha value is -0.430. The van der Waals surface area contributed by atoms with E-state index in [0.717, 1.165) is 0 Å². The third-order valence-corrected chi connectivity index (χ3v) is 1.69. The number of hydrogen-bond acceptors (Lipinski definition) is 4. The zero-order chi connectivity index (χ0) is 12.1. The lowest BCUT2D eigenvalue weighted by molar-refractivity contribution is 0.135. The van der Waals surface area contributed by atoms with Crippen molar-refractivity contribution in [2.24, 2.45) is 0 Å². The first kappa shape index (κ1) is 14.6. The van der Waals surface area contributed by atoms with Crippen molar-refractivity contribution in [3.63, 3.8) is 0 Å². The smallest absolute Gasteiger partial charge is 0.415 e. The first-order chi connectivity index (χ1) is 6.77. The summed E-state index contributed by atoms with van der Waals surface area (Å²) in [6, 6.07) is -1.03. The number of amides is 3. The molecule has 0 aliphatic carbocycles. The van der Waals surface area contributed by atoms with Gasteiger partial charge in [-0.3, -0.25) is 0 Å². The van der Waals surface area contributed by atoms with E-state index in [4.69, 9.17) is 39.9 Å². The van der Waals surface area contributed by atoms with Gasteiger partial charge in [0.15, 0.2) is 6.23 Å². The van der Waals surface area contributed by atoms with Crippen molar-refractivity contribution >= 4 is 46.9 Å². The minimum atomic E-state index is -2.08. The fourth-order valence-corrected chi connectivity index (χ4v) is 0.666. The van der Waals surface area contributed by atoms with Crippen LogP contribution in [0.15, 0.2) is 0 Å². The molecule has 0 unspecified atom stereocenters. The van der Waals surface area contributed by atoms with Crippen LogP contribution in [0.25, 0.3) is 0 Å². The van der Waals surface area contributed by atoms with Gasteiger partial charge in [0.25, 0.3) is 0 Å². The average molecular weight is 280 g/mol. The fourth-order valence-electron chi connectivity index (χ4n) is 0.502. The normalized spacial score (nSPS) is 12.9. The predicted molar refractivity (Wildman–Crippen MR) is 55.0 cm³/mol. The van der Waals surface area contributed by atoms with Crippen LogP contribution in [0, 0.1) is 0 Å². The Bertz CT molecular complexity index is 243. The molecular formula is C6H9Cl3N2O4. The second-order valence-corrected chi connectivity index (χ2v) is 4.63. The minimum Gasteiger partial charge on any atom is -0.450 e. The zero-order valence-electron chi connectivity index (χ0n) is 7.59. The Morgan fingerprint density at radius 3 is 2.40 bits per heavy atom. The van der Waals surface area contributed by atoms with Gasteiger partial charge in [-0.2, -0.15) is 0 Å². The first-order valence-electron chi connectivity index (χ1n) is 3.76. The number of alkyl halides is 3. The van der Waals surface area contributed by atoms with Crippen LogP contribution in [0.3, 0.4) is 0 Å². The van der Waals surface area contributed by atoms with E-state index in [9.17, 15) is 9.59 Å². The lowest BCUT2D eigenvalue weighted by Crippen LogP contribution is -2.49. The van der Waals surface area contributed by atoms with Crippen molar-refractivity contribution in [2.75, 3.05) is 6.61 Å². The number of nitrogens with one attached hydrogen (secondary N) is 2. The third-order valence-electron chi connectivity index (χ3n) is 1.07. The van der Waals surface area contributed by atoms with E-state index >= 15 is 0 Å². The molecule has 0 saturated heterocycles. The van der Waals surface area contributed by atoms with E-state index in [1.165, 1.54) is 0 Å². The van der Waals surface area contributed by atoms with E-state index in [1.807, 2.05) is 5.32 Å². The number of carbonyl (C=O) groups excluding carboxylic acids is 2. The van der Waals surface area contributed by atoms with E-state index in [0.29, 0.717) is 0 Å². The lowest BCUT2D eigenvalue weighted by Gasteiger charge is -2.19. The van der Waals surface area contributed by atoms with Crippen LogP contribution in [-0.2, 0) is 4.74 Å². The van der Waals surface area contributed by atoms with Gasteiger partial charge < -0.3 is 15.2 Å². The summed E-state index contributed by atoms with van der Waals surface area (Å²) in [5, 5.41) is 12.6. The number of aliphatic hydroxyl groups excluding tert-OH is 1. The van der Waals surface area contributed by atoms with Gasteiger partial charge in [0, 0.05) is 0 Å². The van der Waals surface area contributed by atoms with Gasteiger partial charge in [-0.05, 0) is 6.92 Å². The molecule has 0 radical (unpaired) electrons. The molecule has 6 nitrogen and oxygen atoms in total. The number of imide groups is 1. The molecule has 0 rings (SSSR count). The number of aliphatic hydroxyl groups is 1. The summed E-state index contributed by atoms with van der Waals surface area (Å²) < 4.78 is 2.31. The molecule has 0 fully saturated rings. The standard InChI is InChI=1S/C6H9Cl3N2O4/c1-2-15-5(14)11-4(13)10-3(12)6(7,8)9/h3,12H,2H2,1H3,(H2,10,11,13,14)/t3-/m0/s1. The highest BCUT2D eigenvalue weighted by Crippen LogP contribution is 2.28. The van der Waals surface area contributed by atoms with Crippen molar-refractivity contribution in [1.29, 1.82) is 0 Å². The Morgan fingerprint density at radius 1 is 1.47 bits per heavy atom. The molecule has 15 heavy (non-hydrogen) atoms. The number of halogens is 3. The quantitative estimate of drug-likeness (QED) is 0.522. The molecule has 0 aliphatic heterocycles. The van der Waals surface area contributed by atoms with Crippen LogP contribution in [-0.4, -0.2) is 33.9 Å². The molecule has 0 spiro atoms. The Kier molecular flexibility index (Phi) is 6.04. The van der Waals surface area contributed by atoms with Crippen LogP contribution in [0.1, 0.15) is 6.92 Å². The van der Waals surface area contributed by atoms with Gasteiger partial charge in [0.2, 0.25) is 3.79 Å². The highest BCUT2D eigenvalue weighted by Gasteiger charge is 2.32. The van der Waals surface area contributed by atoms with Crippen LogP contribution in [0.2, 0.25) is 0 Å². The van der Waals surface area contributed by atoms with Gasteiger partial charge in [-0.15, -0.1) is 0 Å². The number of alkyl carbamates (subject to hydrolysis) is 1. The molecule has 0 heterocycles. The maximum absolute atomic E-state index is 10.9. The minimum absolute atomic E-state index is 0.103. The summed E-state index contributed by atoms with van der Waals surface area (Å²) >= 11 is 15.7. The van der Waals surface area contributed by atoms with E-state index in [2.05, 4.69) is 4.74 Å². The molecular weight excluding hydrogens is 270 g/mol. The zero-order valence-corrected chi connectivity index (χ0v) is 9.86. The molecule has 0 aliphatic rings. The molecule has 0 bridgehead atoms. The Morgan fingerprint density at radius 2 is 2.00 bits per heavy atom. The second-order valence-electron chi connectivity index (χ2n) is 2.26. The lowest BCUT2D eigenvalue weighted by atomic mass is 10.6. The van der Waals surface area contributed by atoms with Crippen molar-refractivity contribution in [2.45, 2.75) is 16.9 Å². The Balaban J connectivity index is 3.99. The van der Waals surface area contributed by atoms with E-state index < -0.39 is 22.1 Å². The van der Waals surface area contributed by atoms with Gasteiger partial charge in [-0.1, -0.05) is 34.8 Å². The van der Waals surface area contributed by atoms with Crippen molar-refractivity contribution < 1.29 is 19.4 Å². The molecule has 0 saturated carbocycles. The number of carbonyl (C=O) groups is 2. The molecule has 0 aromatic rings. The Labute approximate surface area is 101 Å². The van der Waals surface area contributed by atoms with E-state index in [1.54, 1.807) is 12.2 Å². The van der Waals surface area contributed by atoms with Gasteiger partial charge in [0.05, 0.1) is 6.61 Å². The summed E-state index contributed by atoms with van der Waals surface area (Å²) in [5.74, 6) is 0. The average Bonchev–Trinajstić information content (AvgIpc) is 2.01. The number of urea groups is 1. The van der Waals surface area contributed by atoms with Crippen molar-refractivity contribution in [3.8, 4) is 0 Å². The second kappa shape index (κ2) is 6.22. The van der Waals surface area contributed by atoms with Crippen molar-refractivity contribution in [1.82, 2.24) is 10.6 Å². The number of hydrogen-bond donors (Lipinski definition) is 3. The summed E-state index contributed by atoms with van der Waals surface area (Å²) in [6.45, 7) is 1.67. The van der Waals surface area contributed by atoms with Crippen LogP contribution < -0.4 is 10.6 Å². The highest BCUT2D eigenvalue weighted by molar-refractivity contribution is 6.68. The molecule has 88 valence electrons. The summed E-state index contributed by atoms with van der Waals surface area (Å²) in [4.78, 5) is 21.6. The highest BCUT2D eigenvalue weighted by atomic mass is 35.6. The number of ether oxygens (including phenoxy) is 1. The summed E-state index contributed by atoms with van der Waals surface area (Å²) in [7, 11) is 0. The maximum Gasteiger partial charge on any atom is 0.415 e. The molecule has 9 heteroatoms. The van der Waals surface area contributed by atoms with Crippen LogP contribution in [0.5, 0.6) is 0 Å². The predicted octanol–water partition coefficient (Wildman–Crippen LogP) is 1.13. The molecule has 0 aromatic heterocycles. The molecule has 3 amide bonds. The van der Waals surface area contributed by atoms with Crippen LogP contribution in [0.4, 0.5) is 9.59 Å². The molecule has 0 aromatic carbocycles. The molecule has 1 atom stereocenters. The first-order valence-corrected chi connectivity index (χ1v) is 4.89. The summed E-state index contributed by atoms with van der Waals surface area (Å²) in [5.41, 5.74) is 0. The van der Waals surface area contributed by atoms with Gasteiger partial charge in [0.1, 0.15) is 0 Å². The topological polar surface area (TPSA) is 87.7 Å². The number of rotatable bonds is 2. The monoisotopic (exact) mass is 278 g/mol. The van der Waals surface area contributed by atoms with Gasteiger partial charge >= 0.3 is 12.1 Å². The fraction of sp³-hybridized carbons (Fsp3) is 0.667.